The minimum absolute atomic E-state index is 0.0471. The molecule has 0 radical (unpaired) electrons. The van der Waals surface area contributed by atoms with Gasteiger partial charge in [0.1, 0.15) is 0 Å². The number of nitro benzene ring substituents is 1. The Morgan fingerprint density at radius 1 is 1.48 bits per heavy atom. The summed E-state index contributed by atoms with van der Waals surface area (Å²) in [5, 5.41) is 19.8. The van der Waals surface area contributed by atoms with Crippen LogP contribution in [0.2, 0.25) is 0 Å². The van der Waals surface area contributed by atoms with Crippen LogP contribution in [0.15, 0.2) is 22.7 Å². The summed E-state index contributed by atoms with van der Waals surface area (Å²) in [6.07, 6.45) is 0. The van der Waals surface area contributed by atoms with Crippen molar-refractivity contribution in [1.82, 2.24) is 15.5 Å². The summed E-state index contributed by atoms with van der Waals surface area (Å²) in [4.78, 5) is 26.3. The second kappa shape index (κ2) is 5.99. The number of nitrogens with zero attached hydrogens (tertiary/aromatic N) is 3. The second-order valence-electron chi connectivity index (χ2n) is 4.16. The molecule has 0 unspecified atom stereocenters. The first kappa shape index (κ1) is 14.4. The lowest BCUT2D eigenvalue weighted by Gasteiger charge is -2.08. The Hall–Kier alpha value is -2.97. The molecule has 1 heterocycles. The molecule has 0 atom stereocenters. The fourth-order valence-electron chi connectivity index (χ4n) is 1.71. The van der Waals surface area contributed by atoms with Gasteiger partial charge in [0.05, 0.1) is 17.0 Å². The quantitative estimate of drug-likeness (QED) is 0.627. The molecule has 0 aliphatic rings. The van der Waals surface area contributed by atoms with E-state index in [9.17, 15) is 14.9 Å². The Morgan fingerprint density at radius 2 is 2.24 bits per heavy atom. The van der Waals surface area contributed by atoms with Gasteiger partial charge in [0.15, 0.2) is 5.82 Å². The van der Waals surface area contributed by atoms with E-state index in [0.29, 0.717) is 11.5 Å². The molecule has 9 nitrogen and oxygen atoms in total. The Morgan fingerprint density at radius 3 is 2.81 bits per heavy atom. The average Bonchev–Trinajstić information content (AvgIpc) is 2.89. The number of carbonyl (C=O) groups is 1. The van der Waals surface area contributed by atoms with E-state index in [4.69, 9.17) is 4.52 Å². The maximum absolute atomic E-state index is 12.1. The number of nitro groups is 1. The third-order valence-corrected chi connectivity index (χ3v) is 2.70. The Balaban J connectivity index is 2.17. The Bertz CT molecular complexity index is 682. The lowest BCUT2D eigenvalue weighted by molar-refractivity contribution is -0.384. The largest absolute Gasteiger partial charge is 0.387 e. The van der Waals surface area contributed by atoms with Gasteiger partial charge in [-0.1, -0.05) is 5.16 Å². The second-order valence-corrected chi connectivity index (χ2v) is 4.16. The monoisotopic (exact) mass is 291 g/mol. The number of carbonyl (C=O) groups excluding carboxylic acids is 1. The number of rotatable bonds is 5. The molecule has 1 aromatic heterocycles. The fraction of sp³-hybridized carbons (Fsp3) is 0.250. The smallest absolute Gasteiger partial charge is 0.270 e. The van der Waals surface area contributed by atoms with E-state index >= 15 is 0 Å². The number of benzene rings is 1. The summed E-state index contributed by atoms with van der Waals surface area (Å²) in [5.74, 6) is 0.252. The van der Waals surface area contributed by atoms with E-state index in [1.165, 1.54) is 18.2 Å². The molecule has 1 aromatic carbocycles. The molecule has 0 fully saturated rings. The molecule has 21 heavy (non-hydrogen) atoms. The van der Waals surface area contributed by atoms with Gasteiger partial charge in [0.2, 0.25) is 5.89 Å². The number of aryl methyl sites for hydroxylation is 1. The number of anilines is 1. The molecule has 110 valence electrons. The van der Waals surface area contributed by atoms with Crippen molar-refractivity contribution in [3.8, 4) is 0 Å². The zero-order chi connectivity index (χ0) is 15.4. The zero-order valence-electron chi connectivity index (χ0n) is 11.4. The highest BCUT2D eigenvalue weighted by Gasteiger charge is 2.16. The standard InChI is InChI=1S/C12H13N5O4/c1-7-15-11(21-16-7)6-14-12(18)9-5-8(17(19)20)3-4-10(9)13-2/h3-5,13H,6H2,1-2H3,(H,14,18). The van der Waals surface area contributed by atoms with Gasteiger partial charge in [-0.2, -0.15) is 4.98 Å². The number of hydrogen-bond donors (Lipinski definition) is 2. The van der Waals surface area contributed by atoms with Crippen LogP contribution in [0.25, 0.3) is 0 Å². The number of hydrogen-bond acceptors (Lipinski definition) is 7. The highest BCUT2D eigenvalue weighted by atomic mass is 16.6. The molecule has 0 saturated heterocycles. The van der Waals surface area contributed by atoms with Gasteiger partial charge in [0, 0.05) is 24.9 Å². The van der Waals surface area contributed by atoms with Gasteiger partial charge in [-0.15, -0.1) is 0 Å². The molecule has 0 saturated carbocycles. The van der Waals surface area contributed by atoms with Crippen molar-refractivity contribution in [1.29, 1.82) is 0 Å². The number of non-ortho nitro benzene ring substituents is 1. The maximum Gasteiger partial charge on any atom is 0.270 e. The van der Waals surface area contributed by atoms with Crippen LogP contribution in [0.1, 0.15) is 22.1 Å². The van der Waals surface area contributed by atoms with E-state index in [-0.39, 0.29) is 23.7 Å². The summed E-state index contributed by atoms with van der Waals surface area (Å²) < 4.78 is 4.87. The molecule has 0 aliphatic carbocycles. The van der Waals surface area contributed by atoms with Crippen molar-refractivity contribution in [2.24, 2.45) is 0 Å². The normalized spacial score (nSPS) is 10.2. The molecule has 2 rings (SSSR count). The number of nitrogens with one attached hydrogen (secondary N) is 2. The van der Waals surface area contributed by atoms with Crippen molar-refractivity contribution in [2.45, 2.75) is 13.5 Å². The summed E-state index contributed by atoms with van der Waals surface area (Å²) in [6.45, 7) is 1.71. The van der Waals surface area contributed by atoms with Crippen LogP contribution in [-0.4, -0.2) is 28.0 Å². The molecule has 0 bridgehead atoms. The summed E-state index contributed by atoms with van der Waals surface area (Å²) in [7, 11) is 1.62. The fourth-order valence-corrected chi connectivity index (χ4v) is 1.71. The molecular weight excluding hydrogens is 278 g/mol. The predicted molar refractivity (Wildman–Crippen MR) is 72.8 cm³/mol. The minimum atomic E-state index is -0.558. The third-order valence-electron chi connectivity index (χ3n) is 2.70. The molecule has 2 aromatic rings. The first-order chi connectivity index (χ1) is 10.0. The SMILES string of the molecule is CNc1ccc([N+](=O)[O-])cc1C(=O)NCc1nc(C)no1. The Kier molecular flexibility index (Phi) is 4.12. The predicted octanol–water partition coefficient (Wildman–Crippen LogP) is 1.26. The topological polar surface area (TPSA) is 123 Å². The van der Waals surface area contributed by atoms with E-state index in [0.717, 1.165) is 0 Å². The summed E-state index contributed by atoms with van der Waals surface area (Å²) in [6, 6.07) is 4.01. The summed E-state index contributed by atoms with van der Waals surface area (Å²) >= 11 is 0. The van der Waals surface area contributed by atoms with Crippen molar-refractivity contribution in [2.75, 3.05) is 12.4 Å². The van der Waals surface area contributed by atoms with E-state index in [1.54, 1.807) is 14.0 Å². The molecular formula is C12H13N5O4. The highest BCUT2D eigenvalue weighted by molar-refractivity contribution is 6.00. The zero-order valence-corrected chi connectivity index (χ0v) is 11.4. The van der Waals surface area contributed by atoms with Crippen molar-refractivity contribution in [3.63, 3.8) is 0 Å². The summed E-state index contributed by atoms with van der Waals surface area (Å²) in [5.41, 5.74) is 0.496. The van der Waals surface area contributed by atoms with Gasteiger partial charge >= 0.3 is 0 Å². The average molecular weight is 291 g/mol. The molecule has 1 amide bonds. The molecule has 0 spiro atoms. The van der Waals surface area contributed by atoms with Crippen molar-refractivity contribution >= 4 is 17.3 Å². The highest BCUT2D eigenvalue weighted by Crippen LogP contribution is 2.21. The van der Waals surface area contributed by atoms with Crippen LogP contribution in [0.4, 0.5) is 11.4 Å². The maximum atomic E-state index is 12.1. The van der Waals surface area contributed by atoms with Crippen LogP contribution < -0.4 is 10.6 Å². The van der Waals surface area contributed by atoms with Crippen LogP contribution in [0.5, 0.6) is 0 Å². The first-order valence-electron chi connectivity index (χ1n) is 6.05. The van der Waals surface area contributed by atoms with Crippen LogP contribution in [0, 0.1) is 17.0 Å². The van der Waals surface area contributed by atoms with Crippen molar-refractivity contribution < 1.29 is 14.2 Å². The number of aromatic nitrogens is 2. The van der Waals surface area contributed by atoms with Gasteiger partial charge in [-0.05, 0) is 13.0 Å². The molecule has 2 N–H and O–H groups in total. The van der Waals surface area contributed by atoms with Gasteiger partial charge in [-0.3, -0.25) is 14.9 Å². The lowest BCUT2D eigenvalue weighted by Crippen LogP contribution is -2.24. The van der Waals surface area contributed by atoms with Gasteiger partial charge in [-0.25, -0.2) is 0 Å². The minimum Gasteiger partial charge on any atom is -0.387 e. The first-order valence-corrected chi connectivity index (χ1v) is 6.05. The number of amides is 1. The van der Waals surface area contributed by atoms with E-state index in [1.807, 2.05) is 0 Å². The molecule has 0 aliphatic heterocycles. The van der Waals surface area contributed by atoms with Gasteiger partial charge < -0.3 is 15.2 Å². The third kappa shape index (κ3) is 3.32. The van der Waals surface area contributed by atoms with Crippen LogP contribution in [-0.2, 0) is 6.54 Å². The van der Waals surface area contributed by atoms with Crippen molar-refractivity contribution in [3.05, 3.63) is 45.6 Å². The Labute approximate surface area is 119 Å². The van der Waals surface area contributed by atoms with Crippen LogP contribution >= 0.6 is 0 Å². The molecule has 9 heteroatoms. The van der Waals surface area contributed by atoms with Gasteiger partial charge in [0.25, 0.3) is 11.6 Å². The van der Waals surface area contributed by atoms with Crippen LogP contribution in [0.3, 0.4) is 0 Å². The van der Waals surface area contributed by atoms with E-state index < -0.39 is 10.8 Å². The van der Waals surface area contributed by atoms with E-state index in [2.05, 4.69) is 20.8 Å². The lowest BCUT2D eigenvalue weighted by atomic mass is 10.1.